The number of benzene rings is 1. The third-order valence-electron chi connectivity index (χ3n) is 5.04. The summed E-state index contributed by atoms with van der Waals surface area (Å²) in [5.41, 5.74) is 0.989. The van der Waals surface area contributed by atoms with Crippen molar-refractivity contribution in [3.05, 3.63) is 18.2 Å². The maximum absolute atomic E-state index is 12.1. The van der Waals surface area contributed by atoms with Crippen molar-refractivity contribution in [3.63, 3.8) is 0 Å². The summed E-state index contributed by atoms with van der Waals surface area (Å²) in [7, 11) is 3.75. The lowest BCUT2D eigenvalue weighted by Crippen LogP contribution is -2.45. The number of nitrogens with one attached hydrogen (secondary N) is 2. The number of fused-ring (bicyclic) bond motifs is 1. The number of rotatable bonds is 5. The maximum atomic E-state index is 12.1. The minimum absolute atomic E-state index is 0.00819. The van der Waals surface area contributed by atoms with Gasteiger partial charge in [0.15, 0.2) is 6.61 Å². The van der Waals surface area contributed by atoms with Crippen molar-refractivity contribution in [2.45, 2.75) is 6.42 Å². The summed E-state index contributed by atoms with van der Waals surface area (Å²) < 4.78 is 5.35. The van der Waals surface area contributed by atoms with Crippen LogP contribution in [0.3, 0.4) is 0 Å². The molecule has 2 N–H and O–H groups in total. The lowest BCUT2D eigenvalue weighted by molar-refractivity contribution is -0.136. The number of ether oxygens (including phenoxy) is 1. The van der Waals surface area contributed by atoms with E-state index in [2.05, 4.69) is 27.5 Å². The molecule has 2 heterocycles. The molecule has 0 radical (unpaired) electrons. The van der Waals surface area contributed by atoms with Crippen molar-refractivity contribution in [1.82, 2.24) is 15.1 Å². The summed E-state index contributed by atoms with van der Waals surface area (Å²) in [4.78, 5) is 42.0. The summed E-state index contributed by atoms with van der Waals surface area (Å²) in [6.45, 7) is 5.52. The molecule has 0 aliphatic carbocycles. The first-order chi connectivity index (χ1) is 13.4. The van der Waals surface area contributed by atoms with E-state index in [1.54, 1.807) is 25.2 Å². The molecule has 3 rings (SSSR count). The number of nitrogens with zero attached hydrogens (tertiary/aromatic N) is 3. The van der Waals surface area contributed by atoms with Gasteiger partial charge in [-0.1, -0.05) is 0 Å². The predicted molar refractivity (Wildman–Crippen MR) is 106 cm³/mol. The first kappa shape index (κ1) is 20.1. The second-order valence-electron chi connectivity index (χ2n) is 7.13. The highest BCUT2D eigenvalue weighted by Crippen LogP contribution is 2.33. The Morgan fingerprint density at radius 3 is 2.61 bits per heavy atom. The molecule has 9 heteroatoms. The standard InChI is InChI=1S/C19H27N5O4/c1-22-8-10-24(11-9-22)7-3-6-20-18(26)19(27)21-14-4-5-16-15(12-14)23(2)17(25)13-28-16/h4-5,12H,3,6-11,13H2,1-2H3,(H,20,26)(H,21,27). The van der Waals surface area contributed by atoms with E-state index in [9.17, 15) is 14.4 Å². The van der Waals surface area contributed by atoms with Crippen LogP contribution in [0, 0.1) is 0 Å². The van der Waals surface area contributed by atoms with Gasteiger partial charge in [0.1, 0.15) is 5.75 Å². The van der Waals surface area contributed by atoms with E-state index >= 15 is 0 Å². The highest BCUT2D eigenvalue weighted by molar-refractivity contribution is 6.39. The largest absolute Gasteiger partial charge is 0.482 e. The van der Waals surface area contributed by atoms with Crippen LogP contribution >= 0.6 is 0 Å². The molecule has 1 aromatic carbocycles. The number of amides is 3. The SMILES string of the molecule is CN1CCN(CCCNC(=O)C(=O)Nc2ccc3c(c2)N(C)C(=O)CO3)CC1. The van der Waals surface area contributed by atoms with E-state index in [-0.39, 0.29) is 12.5 Å². The monoisotopic (exact) mass is 389 g/mol. The Bertz CT molecular complexity index is 746. The van der Waals surface area contributed by atoms with E-state index < -0.39 is 11.8 Å². The molecule has 152 valence electrons. The zero-order valence-corrected chi connectivity index (χ0v) is 16.4. The number of hydrogen-bond donors (Lipinski definition) is 2. The lowest BCUT2D eigenvalue weighted by Gasteiger charge is -2.32. The fourth-order valence-electron chi connectivity index (χ4n) is 3.19. The Labute approximate surface area is 164 Å². The van der Waals surface area contributed by atoms with Crippen LogP contribution in [-0.4, -0.2) is 87.5 Å². The Hall–Kier alpha value is -2.65. The van der Waals surface area contributed by atoms with Crippen molar-refractivity contribution >= 4 is 29.1 Å². The van der Waals surface area contributed by atoms with Gasteiger partial charge >= 0.3 is 11.8 Å². The average Bonchev–Trinajstić information content (AvgIpc) is 2.69. The van der Waals surface area contributed by atoms with Gasteiger partial charge in [-0.05, 0) is 38.2 Å². The zero-order chi connectivity index (χ0) is 20.1. The first-order valence-electron chi connectivity index (χ1n) is 9.47. The minimum Gasteiger partial charge on any atom is -0.482 e. The van der Waals surface area contributed by atoms with Gasteiger partial charge in [-0.3, -0.25) is 14.4 Å². The summed E-state index contributed by atoms with van der Waals surface area (Å²) >= 11 is 0. The molecule has 0 atom stereocenters. The van der Waals surface area contributed by atoms with Crippen LogP contribution < -0.4 is 20.3 Å². The van der Waals surface area contributed by atoms with E-state index in [4.69, 9.17) is 4.74 Å². The van der Waals surface area contributed by atoms with Crippen molar-refractivity contribution in [3.8, 4) is 5.75 Å². The second kappa shape index (κ2) is 9.03. The van der Waals surface area contributed by atoms with Gasteiger partial charge in [-0.15, -0.1) is 0 Å². The highest BCUT2D eigenvalue weighted by atomic mass is 16.5. The molecule has 0 bridgehead atoms. The predicted octanol–water partition coefficient (Wildman–Crippen LogP) is -0.266. The Morgan fingerprint density at radius 2 is 1.86 bits per heavy atom. The number of anilines is 2. The maximum Gasteiger partial charge on any atom is 0.313 e. The number of piperazine rings is 1. The molecule has 2 aliphatic rings. The molecule has 1 saturated heterocycles. The van der Waals surface area contributed by atoms with Gasteiger partial charge in [-0.25, -0.2) is 0 Å². The van der Waals surface area contributed by atoms with Crippen molar-refractivity contribution in [2.24, 2.45) is 0 Å². The Balaban J connectivity index is 1.43. The number of likely N-dealkylation sites (N-methyl/N-ethyl adjacent to an activating group) is 2. The molecular formula is C19H27N5O4. The molecule has 9 nitrogen and oxygen atoms in total. The van der Waals surface area contributed by atoms with Crippen LogP contribution in [-0.2, 0) is 14.4 Å². The van der Waals surface area contributed by atoms with Crippen LogP contribution in [0.2, 0.25) is 0 Å². The summed E-state index contributed by atoms with van der Waals surface area (Å²) in [5, 5.41) is 5.21. The molecule has 0 spiro atoms. The smallest absolute Gasteiger partial charge is 0.313 e. The third-order valence-corrected chi connectivity index (χ3v) is 5.04. The molecule has 0 aromatic heterocycles. The second-order valence-corrected chi connectivity index (χ2v) is 7.13. The minimum atomic E-state index is -0.731. The van der Waals surface area contributed by atoms with E-state index in [1.165, 1.54) is 4.90 Å². The van der Waals surface area contributed by atoms with Crippen molar-refractivity contribution in [2.75, 3.05) is 70.2 Å². The summed E-state index contributed by atoms with van der Waals surface area (Å²) in [6.07, 6.45) is 0.797. The number of carbonyl (C=O) groups is 3. The van der Waals surface area contributed by atoms with Gasteiger partial charge in [0, 0.05) is 45.5 Å². The van der Waals surface area contributed by atoms with Gasteiger partial charge in [0.2, 0.25) is 0 Å². The Kier molecular flexibility index (Phi) is 6.48. The van der Waals surface area contributed by atoms with Crippen molar-refractivity contribution in [1.29, 1.82) is 0 Å². The fraction of sp³-hybridized carbons (Fsp3) is 0.526. The molecule has 0 unspecified atom stereocenters. The summed E-state index contributed by atoms with van der Waals surface area (Å²) in [6, 6.07) is 4.92. The van der Waals surface area contributed by atoms with Gasteiger partial charge in [-0.2, -0.15) is 0 Å². The number of hydrogen-bond acceptors (Lipinski definition) is 6. The average molecular weight is 389 g/mol. The van der Waals surface area contributed by atoms with Crippen LogP contribution in [0.15, 0.2) is 18.2 Å². The zero-order valence-electron chi connectivity index (χ0n) is 16.4. The molecule has 2 aliphatic heterocycles. The van der Waals surface area contributed by atoms with E-state index in [0.29, 0.717) is 23.7 Å². The topological polar surface area (TPSA) is 94.2 Å². The van der Waals surface area contributed by atoms with Crippen molar-refractivity contribution < 1.29 is 19.1 Å². The quantitative estimate of drug-likeness (QED) is 0.532. The van der Waals surface area contributed by atoms with E-state index in [1.807, 2.05) is 0 Å². The lowest BCUT2D eigenvalue weighted by atomic mass is 10.2. The molecular weight excluding hydrogens is 362 g/mol. The Morgan fingerprint density at radius 1 is 1.11 bits per heavy atom. The highest BCUT2D eigenvalue weighted by Gasteiger charge is 2.23. The molecule has 0 saturated carbocycles. The molecule has 28 heavy (non-hydrogen) atoms. The fourth-order valence-corrected chi connectivity index (χ4v) is 3.19. The van der Waals surface area contributed by atoms with Crippen LogP contribution in [0.1, 0.15) is 6.42 Å². The van der Waals surface area contributed by atoms with Gasteiger partial charge in [0.25, 0.3) is 5.91 Å². The van der Waals surface area contributed by atoms with Crippen LogP contribution in [0.5, 0.6) is 5.75 Å². The third kappa shape index (κ3) is 4.99. The normalized spacial score (nSPS) is 17.6. The molecule has 3 amide bonds. The van der Waals surface area contributed by atoms with Gasteiger partial charge < -0.3 is 30.1 Å². The van der Waals surface area contributed by atoms with E-state index in [0.717, 1.165) is 39.1 Å². The first-order valence-corrected chi connectivity index (χ1v) is 9.47. The van der Waals surface area contributed by atoms with Crippen LogP contribution in [0.25, 0.3) is 0 Å². The molecule has 1 aromatic rings. The van der Waals surface area contributed by atoms with Crippen LogP contribution in [0.4, 0.5) is 11.4 Å². The molecule has 1 fully saturated rings. The summed E-state index contributed by atoms with van der Waals surface area (Å²) in [5.74, 6) is -1.01. The number of carbonyl (C=O) groups excluding carboxylic acids is 3. The van der Waals surface area contributed by atoms with Gasteiger partial charge in [0.05, 0.1) is 5.69 Å².